The molecule has 0 atom stereocenters. The zero-order valence-electron chi connectivity index (χ0n) is 73.0. The van der Waals surface area contributed by atoms with E-state index in [1.165, 1.54) is 66.8 Å². The highest BCUT2D eigenvalue weighted by molar-refractivity contribution is 7.50. The molecule has 22 aromatic rings. The average molecular weight is 1730 g/mol. The summed E-state index contributed by atoms with van der Waals surface area (Å²) in [6.45, 7) is 0. The molecule has 0 aliphatic heterocycles. The van der Waals surface area contributed by atoms with Gasteiger partial charge < -0.3 is 9.05 Å². The van der Waals surface area contributed by atoms with Crippen molar-refractivity contribution in [2.45, 2.75) is 51.4 Å². The molecule has 0 saturated heterocycles. The van der Waals surface area contributed by atoms with E-state index in [4.69, 9.17) is 9.05 Å². The van der Waals surface area contributed by atoms with Crippen molar-refractivity contribution in [1.29, 1.82) is 0 Å². The molecule has 2 aliphatic rings. The van der Waals surface area contributed by atoms with Gasteiger partial charge in [-0.05, 0) is 341 Å². The van der Waals surface area contributed by atoms with E-state index in [1.54, 1.807) is 0 Å². The lowest BCUT2D eigenvalue weighted by Gasteiger charge is -2.31. The molecule has 0 amide bonds. The van der Waals surface area contributed by atoms with Crippen molar-refractivity contribution in [3.63, 3.8) is 0 Å². The summed E-state index contributed by atoms with van der Waals surface area (Å²) in [6, 6.07) is 162. The first-order valence-electron chi connectivity index (χ1n) is 46.1. The number of aromatic nitrogens is 4. The van der Waals surface area contributed by atoms with Crippen LogP contribution in [-0.4, -0.2) is 17.4 Å². The molecule has 0 radical (unpaired) electrons. The van der Waals surface area contributed by atoms with Crippen molar-refractivity contribution in [1.82, 2.24) is 17.4 Å². The lowest BCUT2D eigenvalue weighted by molar-refractivity contribution is 0.582. The van der Waals surface area contributed by atoms with Gasteiger partial charge in [-0.1, -0.05) is 303 Å². The van der Waals surface area contributed by atoms with Gasteiger partial charge in [-0.2, -0.15) is 0 Å². The maximum absolute atomic E-state index is 8.57. The van der Waals surface area contributed by atoms with Crippen LogP contribution in [0.25, 0.3) is 188 Å². The van der Waals surface area contributed by atoms with Gasteiger partial charge >= 0.3 is 16.9 Å². The molecule has 0 fully saturated rings. The average Bonchev–Trinajstić information content (AvgIpc) is 1.30. The summed E-state index contributed by atoms with van der Waals surface area (Å²) in [6.07, 6.45) is 17.2. The Balaban J connectivity index is 0.709. The van der Waals surface area contributed by atoms with Gasteiger partial charge in [-0.25, -0.2) is 0 Å². The molecular weight excluding hydrogens is 1640 g/mol. The highest BCUT2D eigenvalue weighted by atomic mass is 31.2. The molecule has 18 aromatic carbocycles. The molecule has 2 aliphatic carbocycles. The molecule has 4 aromatic heterocycles. The third-order valence-corrected chi connectivity index (χ3v) is 30.5. The van der Waals surface area contributed by atoms with Crippen LogP contribution in [0.1, 0.15) is 47.9 Å². The molecule has 0 unspecified atom stereocenters. The van der Waals surface area contributed by atoms with E-state index < -0.39 is 16.9 Å². The molecule has 0 spiro atoms. The van der Waals surface area contributed by atoms with Crippen molar-refractivity contribution >= 4 is 60.5 Å². The summed E-state index contributed by atoms with van der Waals surface area (Å²) in [5.74, 6) is 1.67. The highest BCUT2D eigenvalue weighted by Gasteiger charge is 2.34. The maximum atomic E-state index is 8.57. The van der Waals surface area contributed by atoms with Crippen molar-refractivity contribution in [2.24, 2.45) is 0 Å². The fourth-order valence-electron chi connectivity index (χ4n) is 20.2. The molecule has 24 rings (SSSR count). The van der Waals surface area contributed by atoms with Gasteiger partial charge in [0.1, 0.15) is 11.5 Å². The summed E-state index contributed by atoms with van der Waals surface area (Å²) in [5, 5.41) is 4.49. The lowest BCUT2D eigenvalue weighted by Crippen LogP contribution is -2.13. The van der Waals surface area contributed by atoms with E-state index in [0.29, 0.717) is 0 Å². The van der Waals surface area contributed by atoms with Gasteiger partial charge in [0.2, 0.25) is 0 Å². The fourth-order valence-corrected chi connectivity index (χ4v) is 23.8. The summed E-state index contributed by atoms with van der Waals surface area (Å²) < 4.78 is 27.0. The quantitative estimate of drug-likeness (QED) is 0.0673. The first kappa shape index (κ1) is 79.9. The third kappa shape index (κ3) is 15.5. The molecule has 8 heteroatoms. The maximum Gasteiger partial charge on any atom is 0.318 e. The SMILES string of the molecule is c1ccc(-c2cc(-c3ccccc3)cc(-c3ccc4ccn(P(Oc5ccc6c(c5-c5c(OP(n7ccc8ccc(-c9cc(-c%10ccccc%10)cc(-c%10ccccc%10)c9)cc87)n7ccc8ccc(-c9cc(-c%10ccccc%10)cc(-c%10ccccc%10)c9)cc87)ccc7c5CCCC7)CCCC6)n5ccc6ccc(-c7cc(-c8ccccc8)cc(-c8ccccc8)c7)cc65)c4c3)c2)cc1. The highest BCUT2D eigenvalue weighted by Crippen LogP contribution is 2.57. The van der Waals surface area contributed by atoms with E-state index in [-0.39, 0.29) is 0 Å². The second-order valence-corrected chi connectivity index (χ2v) is 38.2. The summed E-state index contributed by atoms with van der Waals surface area (Å²) in [4.78, 5) is 0. The van der Waals surface area contributed by atoms with Crippen LogP contribution in [0.4, 0.5) is 0 Å². The lowest BCUT2D eigenvalue weighted by atomic mass is 9.80. The first-order chi connectivity index (χ1) is 65.4. The molecule has 132 heavy (non-hydrogen) atoms. The molecule has 0 saturated carbocycles. The number of hydrogen-bond donors (Lipinski definition) is 0. The fraction of sp³-hybridized carbons (Fsp3) is 0.0645. The monoisotopic (exact) mass is 1730 g/mol. The number of nitrogens with zero attached hydrogens (tertiary/aromatic N) is 4. The standard InChI is InChI=1S/C124H92N4O2P2/c1-9-29-85(30-10-1)103-69-104(86-31-11-2-12-32-86)74-111(73-103)99-53-49-95-61-65-125(117(95)81-99)131(126-66-62-96-50-54-100(82-118(96)126)112-75-105(87-33-13-3-14-34-87)70-106(76-112)88-35-15-4-16-36-88)129-121-59-57-93-45-25-27-47-115(93)123(121)124-116-48-28-26-46-94(116)58-60-122(124)130-132(127-67-63-97-51-55-101(83-119(97)127)113-77-107(89-37-17-5-18-38-89)71-108(78-113)90-39-19-6-20-40-90)128-68-64-98-52-56-102(84-120(98)128)114-79-109(91-41-21-7-22-42-91)72-110(80-114)92-43-23-8-24-44-92/h1-24,29-44,49-84H,25-28,45-48H2. The number of hydrogen-bond acceptors (Lipinski definition) is 2. The Morgan fingerprint density at radius 1 is 0.167 bits per heavy atom. The van der Waals surface area contributed by atoms with E-state index >= 15 is 0 Å². The minimum atomic E-state index is -1.86. The summed E-state index contributed by atoms with van der Waals surface area (Å²) in [7, 11) is -3.72. The molecule has 6 nitrogen and oxygen atoms in total. The third-order valence-electron chi connectivity index (χ3n) is 26.9. The number of benzene rings is 18. The van der Waals surface area contributed by atoms with Crippen molar-refractivity contribution in [2.75, 3.05) is 0 Å². The van der Waals surface area contributed by atoms with Crippen molar-refractivity contribution in [3.05, 3.63) is 484 Å². The van der Waals surface area contributed by atoms with Gasteiger partial charge in [-0.15, -0.1) is 0 Å². The second-order valence-electron chi connectivity index (χ2n) is 35.1. The minimum Gasteiger partial charge on any atom is -0.435 e. The van der Waals surface area contributed by atoms with Crippen LogP contribution in [-0.2, 0) is 25.7 Å². The van der Waals surface area contributed by atoms with Crippen LogP contribution in [0.5, 0.6) is 11.5 Å². The van der Waals surface area contributed by atoms with Gasteiger partial charge in [-0.3, -0.25) is 17.4 Å². The van der Waals surface area contributed by atoms with Gasteiger partial charge in [0, 0.05) is 57.5 Å². The topological polar surface area (TPSA) is 38.2 Å². The smallest absolute Gasteiger partial charge is 0.318 e. The summed E-state index contributed by atoms with van der Waals surface area (Å²) in [5.41, 5.74) is 39.6. The van der Waals surface area contributed by atoms with Crippen LogP contribution >= 0.6 is 16.9 Å². The van der Waals surface area contributed by atoms with E-state index in [2.05, 4.69) is 479 Å². The minimum absolute atomic E-state index is 0.837. The molecular formula is C124H92N4O2P2. The number of aryl methyl sites for hydroxylation is 2. The Bertz CT molecular complexity index is 6950. The number of rotatable bonds is 21. The Kier molecular flexibility index (Phi) is 21.1. The van der Waals surface area contributed by atoms with E-state index in [1.807, 2.05) is 0 Å². The predicted octanol–water partition coefficient (Wildman–Crippen LogP) is 34.3. The van der Waals surface area contributed by atoms with Crippen LogP contribution in [0.3, 0.4) is 0 Å². The van der Waals surface area contributed by atoms with Crippen molar-refractivity contribution in [3.8, 4) is 156 Å². The van der Waals surface area contributed by atoms with Crippen molar-refractivity contribution < 1.29 is 9.05 Å². The predicted molar refractivity (Wildman–Crippen MR) is 555 cm³/mol. The number of fused-ring (bicyclic) bond motifs is 6. The first-order valence-corrected chi connectivity index (χ1v) is 48.5. The molecule has 0 N–H and O–H groups in total. The molecule has 630 valence electrons. The van der Waals surface area contributed by atoms with Crippen LogP contribution < -0.4 is 9.05 Å². The Hall–Kier alpha value is -15.4. The summed E-state index contributed by atoms with van der Waals surface area (Å²) >= 11 is 0. The Morgan fingerprint density at radius 2 is 0.364 bits per heavy atom. The van der Waals surface area contributed by atoms with Crippen LogP contribution in [0.2, 0.25) is 0 Å². The van der Waals surface area contributed by atoms with Crippen LogP contribution in [0.15, 0.2) is 462 Å². The normalized spacial score (nSPS) is 12.6. The van der Waals surface area contributed by atoms with Gasteiger partial charge in [0.15, 0.2) is 0 Å². The van der Waals surface area contributed by atoms with Gasteiger partial charge in [0.05, 0.1) is 22.1 Å². The van der Waals surface area contributed by atoms with Gasteiger partial charge in [0.25, 0.3) is 0 Å². The Morgan fingerprint density at radius 3 is 0.576 bits per heavy atom. The van der Waals surface area contributed by atoms with E-state index in [9.17, 15) is 0 Å². The second kappa shape index (κ2) is 34.9. The zero-order valence-corrected chi connectivity index (χ0v) is 74.8. The zero-order chi connectivity index (χ0) is 87.4. The van der Waals surface area contributed by atoms with Crippen LogP contribution in [0, 0.1) is 0 Å². The Labute approximate surface area is 772 Å². The molecule has 0 bridgehead atoms. The largest absolute Gasteiger partial charge is 0.435 e. The van der Waals surface area contributed by atoms with E-state index in [0.717, 1.165) is 207 Å². The molecule has 4 heterocycles.